The van der Waals surface area contributed by atoms with Crippen LogP contribution in [0.4, 0.5) is 0 Å². The highest BCUT2D eigenvalue weighted by Gasteiger charge is 2.27. The predicted octanol–water partition coefficient (Wildman–Crippen LogP) is 0.393. The maximum atomic E-state index is 11.6. The first kappa shape index (κ1) is 13.2. The van der Waals surface area contributed by atoms with E-state index < -0.39 is 11.8 Å². The average Bonchev–Trinajstić information content (AvgIpc) is 2.42. The lowest BCUT2D eigenvalue weighted by atomic mass is 10.1. The fourth-order valence-electron chi connectivity index (χ4n) is 1.86. The molecule has 0 N–H and O–H groups in total. The number of methoxy groups -OCH3 is 1. The van der Waals surface area contributed by atoms with E-state index in [9.17, 15) is 14.4 Å². The highest BCUT2D eigenvalue weighted by atomic mass is 16.5. The number of hydrogen-bond donors (Lipinski definition) is 0. The first-order valence-corrected chi connectivity index (χ1v) is 5.68. The summed E-state index contributed by atoms with van der Waals surface area (Å²) in [5.74, 6) is -0.262. The molecule has 0 atom stereocenters. The summed E-state index contributed by atoms with van der Waals surface area (Å²) in [6.45, 7) is -0.144. The van der Waals surface area contributed by atoms with Crippen molar-refractivity contribution in [2.75, 3.05) is 20.3 Å². The topological polar surface area (TPSA) is 72.9 Å². The zero-order valence-electron chi connectivity index (χ0n) is 10.4. The second-order valence-electron chi connectivity index (χ2n) is 4.06. The molecule has 6 nitrogen and oxygen atoms in total. The molecule has 0 spiro atoms. The van der Waals surface area contributed by atoms with Crippen LogP contribution in [-0.4, -0.2) is 43.3 Å². The summed E-state index contributed by atoms with van der Waals surface area (Å²) in [6.07, 6.45) is 0.700. The second kappa shape index (κ2) is 5.62. The molecule has 0 radical (unpaired) electrons. The van der Waals surface area contributed by atoms with Crippen molar-refractivity contribution in [3.05, 3.63) is 29.3 Å². The number of ether oxygens (including phenoxy) is 2. The summed E-state index contributed by atoms with van der Waals surface area (Å²) in [5, 5.41) is 0. The Morgan fingerprint density at radius 2 is 2.00 bits per heavy atom. The molecule has 19 heavy (non-hydrogen) atoms. The third-order valence-corrected chi connectivity index (χ3v) is 2.82. The maximum Gasteiger partial charge on any atom is 0.255 e. The molecule has 1 heterocycles. The van der Waals surface area contributed by atoms with Crippen LogP contribution in [-0.2, 0) is 20.9 Å². The van der Waals surface area contributed by atoms with Crippen LogP contribution in [0, 0.1) is 0 Å². The Morgan fingerprint density at radius 1 is 1.32 bits per heavy atom. The van der Waals surface area contributed by atoms with E-state index in [0.717, 1.165) is 4.90 Å². The molecule has 2 rings (SSSR count). The van der Waals surface area contributed by atoms with Crippen LogP contribution >= 0.6 is 0 Å². The maximum absolute atomic E-state index is 11.6. The molecule has 1 saturated heterocycles. The SMILES string of the molecule is COc1ccc(C=O)cc1CN1C(=O)COCC1=O. The fraction of sp³-hybridized carbons (Fsp3) is 0.308. The normalized spacial score (nSPS) is 15.5. The van der Waals surface area contributed by atoms with Crippen molar-refractivity contribution in [3.63, 3.8) is 0 Å². The third-order valence-electron chi connectivity index (χ3n) is 2.82. The molecule has 0 aromatic heterocycles. The van der Waals surface area contributed by atoms with Crippen molar-refractivity contribution in [3.8, 4) is 5.75 Å². The summed E-state index contributed by atoms with van der Waals surface area (Å²) in [5.41, 5.74) is 1.07. The number of carbonyl (C=O) groups excluding carboxylic acids is 3. The van der Waals surface area contributed by atoms with E-state index in [1.54, 1.807) is 18.2 Å². The monoisotopic (exact) mass is 263 g/mol. The van der Waals surface area contributed by atoms with E-state index in [0.29, 0.717) is 23.2 Å². The molecular formula is C13H13NO5. The summed E-state index contributed by atoms with van der Waals surface area (Å²) in [4.78, 5) is 35.1. The summed E-state index contributed by atoms with van der Waals surface area (Å²) >= 11 is 0. The Kier molecular flexibility index (Phi) is 3.91. The molecular weight excluding hydrogens is 250 g/mol. The van der Waals surface area contributed by atoms with Gasteiger partial charge in [0.05, 0.1) is 13.7 Å². The van der Waals surface area contributed by atoms with E-state index in [-0.39, 0.29) is 19.8 Å². The molecule has 6 heteroatoms. The smallest absolute Gasteiger partial charge is 0.255 e. The highest BCUT2D eigenvalue weighted by Crippen LogP contribution is 2.22. The third kappa shape index (κ3) is 2.79. The minimum Gasteiger partial charge on any atom is -0.496 e. The van der Waals surface area contributed by atoms with Crippen LogP contribution < -0.4 is 4.74 Å². The lowest BCUT2D eigenvalue weighted by Crippen LogP contribution is -2.45. The molecule has 1 aromatic carbocycles. The van der Waals surface area contributed by atoms with Crippen LogP contribution in [0.3, 0.4) is 0 Å². The Balaban J connectivity index is 2.28. The number of carbonyl (C=O) groups is 3. The van der Waals surface area contributed by atoms with Gasteiger partial charge in [-0.1, -0.05) is 0 Å². The lowest BCUT2D eigenvalue weighted by Gasteiger charge is -2.25. The molecule has 100 valence electrons. The van der Waals surface area contributed by atoms with Gasteiger partial charge in [0.1, 0.15) is 25.2 Å². The first-order chi connectivity index (χ1) is 9.15. The second-order valence-corrected chi connectivity index (χ2v) is 4.06. The molecule has 2 amide bonds. The number of amides is 2. The zero-order chi connectivity index (χ0) is 13.8. The first-order valence-electron chi connectivity index (χ1n) is 5.68. The quantitative estimate of drug-likeness (QED) is 0.580. The van der Waals surface area contributed by atoms with Crippen LogP contribution in [0.15, 0.2) is 18.2 Å². The number of aldehydes is 1. The van der Waals surface area contributed by atoms with Gasteiger partial charge in [0.2, 0.25) is 0 Å². The van der Waals surface area contributed by atoms with Crippen molar-refractivity contribution in [2.24, 2.45) is 0 Å². The van der Waals surface area contributed by atoms with Crippen LogP contribution in [0.1, 0.15) is 15.9 Å². The molecule has 0 bridgehead atoms. The van der Waals surface area contributed by atoms with E-state index in [1.807, 2.05) is 0 Å². The Labute approximate surface area is 109 Å². The summed E-state index contributed by atoms with van der Waals surface area (Å²) in [7, 11) is 1.49. The van der Waals surface area contributed by atoms with Gasteiger partial charge in [-0.2, -0.15) is 0 Å². The van der Waals surface area contributed by atoms with E-state index in [4.69, 9.17) is 9.47 Å². The minimum absolute atomic E-state index is 0.0753. The number of rotatable bonds is 4. The van der Waals surface area contributed by atoms with Gasteiger partial charge >= 0.3 is 0 Å². The number of benzene rings is 1. The molecule has 1 aliphatic rings. The van der Waals surface area contributed by atoms with Crippen LogP contribution in [0.5, 0.6) is 5.75 Å². The Morgan fingerprint density at radius 3 is 2.58 bits per heavy atom. The number of nitrogens with zero attached hydrogens (tertiary/aromatic N) is 1. The van der Waals surface area contributed by atoms with Crippen molar-refractivity contribution in [2.45, 2.75) is 6.54 Å². The zero-order valence-corrected chi connectivity index (χ0v) is 10.4. The van der Waals surface area contributed by atoms with Crippen molar-refractivity contribution in [1.82, 2.24) is 4.90 Å². The predicted molar refractivity (Wildman–Crippen MR) is 64.8 cm³/mol. The molecule has 1 aliphatic heterocycles. The van der Waals surface area contributed by atoms with E-state index in [2.05, 4.69) is 0 Å². The molecule has 1 aromatic rings. The van der Waals surface area contributed by atoms with Gasteiger partial charge in [-0.3, -0.25) is 19.3 Å². The van der Waals surface area contributed by atoms with Gasteiger partial charge in [-0.25, -0.2) is 0 Å². The average molecular weight is 263 g/mol. The number of morpholine rings is 1. The fourth-order valence-corrected chi connectivity index (χ4v) is 1.86. The Bertz CT molecular complexity index is 510. The largest absolute Gasteiger partial charge is 0.496 e. The highest BCUT2D eigenvalue weighted by molar-refractivity contribution is 5.98. The van der Waals surface area contributed by atoms with E-state index >= 15 is 0 Å². The summed E-state index contributed by atoms with van der Waals surface area (Å²) in [6, 6.07) is 4.84. The molecule has 1 fully saturated rings. The molecule has 0 saturated carbocycles. The molecule has 0 aliphatic carbocycles. The van der Waals surface area contributed by atoms with Gasteiger partial charge in [0.25, 0.3) is 11.8 Å². The Hall–Kier alpha value is -2.21. The standard InChI is InChI=1S/C13H13NO5/c1-18-11-3-2-9(6-15)4-10(11)5-14-12(16)7-19-8-13(14)17/h2-4,6H,5,7-8H2,1H3. The van der Waals surface area contributed by atoms with Gasteiger partial charge in [0, 0.05) is 11.1 Å². The van der Waals surface area contributed by atoms with Gasteiger partial charge < -0.3 is 9.47 Å². The van der Waals surface area contributed by atoms with Crippen LogP contribution in [0.2, 0.25) is 0 Å². The van der Waals surface area contributed by atoms with Gasteiger partial charge in [-0.05, 0) is 18.2 Å². The molecule has 0 unspecified atom stereocenters. The van der Waals surface area contributed by atoms with Crippen molar-refractivity contribution < 1.29 is 23.9 Å². The lowest BCUT2D eigenvalue weighted by molar-refractivity contribution is -0.159. The minimum atomic E-state index is -0.394. The number of hydrogen-bond acceptors (Lipinski definition) is 5. The van der Waals surface area contributed by atoms with Gasteiger partial charge in [-0.15, -0.1) is 0 Å². The van der Waals surface area contributed by atoms with Crippen LogP contribution in [0.25, 0.3) is 0 Å². The summed E-state index contributed by atoms with van der Waals surface area (Å²) < 4.78 is 10.00. The van der Waals surface area contributed by atoms with Crippen molar-refractivity contribution >= 4 is 18.1 Å². The number of imide groups is 1. The van der Waals surface area contributed by atoms with E-state index in [1.165, 1.54) is 7.11 Å². The van der Waals surface area contributed by atoms with Crippen molar-refractivity contribution in [1.29, 1.82) is 0 Å². The van der Waals surface area contributed by atoms with Gasteiger partial charge in [0.15, 0.2) is 0 Å².